The van der Waals surface area contributed by atoms with Crippen molar-refractivity contribution in [1.29, 1.82) is 0 Å². The number of aliphatic hydroxyl groups excluding tert-OH is 4. The first-order valence-electron chi connectivity index (χ1n) is 23.5. The van der Waals surface area contributed by atoms with E-state index in [1.165, 1.54) is 14.0 Å². The normalized spacial score (nSPS) is 27.1. The Balaban J connectivity index is 1.26. The third kappa shape index (κ3) is 11.2. The van der Waals surface area contributed by atoms with Gasteiger partial charge in [-0.2, -0.15) is 0 Å². The van der Waals surface area contributed by atoms with Gasteiger partial charge in [0.25, 0.3) is 0 Å². The summed E-state index contributed by atoms with van der Waals surface area (Å²) in [6, 6.07) is 16.7. The van der Waals surface area contributed by atoms with Crippen molar-refractivity contribution in [3.8, 4) is 28.4 Å². The molecule has 8 atom stereocenters. The first kappa shape index (κ1) is 50.2. The van der Waals surface area contributed by atoms with Crippen molar-refractivity contribution in [2.45, 2.75) is 119 Å². The number of hydrogen-bond donors (Lipinski definition) is 8. The smallest absolute Gasteiger partial charge is 0.168 e. The molecule has 4 aromatic carbocycles. The molecule has 1 saturated carbocycles. The fourth-order valence-corrected chi connectivity index (χ4v) is 17.6. The van der Waals surface area contributed by atoms with E-state index in [2.05, 4.69) is 10.6 Å². The average Bonchev–Trinajstić information content (AvgIpc) is 3.31. The number of hydrogen-bond acceptors (Lipinski definition) is 16. The van der Waals surface area contributed by atoms with E-state index >= 15 is 0 Å². The van der Waals surface area contributed by atoms with Gasteiger partial charge in [-0.05, 0) is 145 Å². The SMILES string of the molecule is COc1c(O)ccc2c1-c1ccc3ccc(O)cc3c1CSS[C@]13CC[C@@H](C[C@H]1O)[C@H](CC(=O)CC2)O[C@H]1N[C@@H](CCCO)[C@H](CSSC3)C[C@H](CCO)c2cc(NCC(C)=O)c(CO)cc21. The maximum absolute atomic E-state index is 14.7. The number of Topliss-reactive ketones (excluding diaryl/α,β-unsaturated/α-hetero) is 2. The van der Waals surface area contributed by atoms with Gasteiger partial charge in [-0.15, -0.1) is 0 Å². The molecule has 4 aliphatic heterocycles. The second-order valence-electron chi connectivity index (χ2n) is 18.6. The van der Waals surface area contributed by atoms with Crippen LogP contribution in [0, 0.1) is 11.8 Å². The summed E-state index contributed by atoms with van der Waals surface area (Å²) in [7, 11) is 8.50. The molecule has 9 rings (SSSR count). The maximum atomic E-state index is 14.7. The minimum absolute atomic E-state index is 0.0122. The Morgan fingerprint density at radius 1 is 0.955 bits per heavy atom. The zero-order chi connectivity index (χ0) is 47.2. The molecule has 0 amide bonds. The number of fused-ring (bicyclic) bond motifs is 10. The molecule has 0 unspecified atom stereocenters. The first-order valence-corrected chi connectivity index (χ1v) is 28.3. The molecule has 5 aliphatic rings. The number of benzene rings is 4. The highest BCUT2D eigenvalue weighted by molar-refractivity contribution is 8.78. The van der Waals surface area contributed by atoms with Crippen LogP contribution in [0.5, 0.6) is 17.2 Å². The molecule has 0 radical (unpaired) electrons. The van der Waals surface area contributed by atoms with Gasteiger partial charge in [0.15, 0.2) is 11.5 Å². The Labute approximate surface area is 408 Å². The van der Waals surface area contributed by atoms with Crippen LogP contribution >= 0.6 is 43.2 Å². The van der Waals surface area contributed by atoms with Crippen LogP contribution in [-0.2, 0) is 33.1 Å². The summed E-state index contributed by atoms with van der Waals surface area (Å²) in [6.07, 6.45) is 2.88. The standard InChI is InChI=1S/C51H64N2O10S4/c1-29(57)24-52-44-23-40-32(14-17-55)18-35-26-64-66-28-51-15-13-33(20-47(51)61)46(63-50(41(40)19-34(44)25-56)53-43(35)4-3-16-54)22-37(59)10-6-31-8-12-45(60)49(62-2)48(31)38-11-7-30-5-9-36(58)21-39(30)42(38)27-65-67-51/h5,7-9,11-12,19,21,23,32-33,35,43,46-47,50,52-56,58,60-61H,3-4,6,10,13-18,20,22,24-28H2,1-2H3/t32-,33-,35-,43-,46-,47+,50+,51-/m0/s1. The number of carbonyl (C=O) groups excluding carboxylic acids is 2. The molecule has 67 heavy (non-hydrogen) atoms. The second-order valence-corrected chi connectivity index (χ2v) is 23.9. The van der Waals surface area contributed by atoms with Gasteiger partial charge in [-0.1, -0.05) is 67.4 Å². The molecule has 1 aliphatic carbocycles. The van der Waals surface area contributed by atoms with Crippen LogP contribution in [0.4, 0.5) is 5.69 Å². The lowest BCUT2D eigenvalue weighted by atomic mass is 9.76. The van der Waals surface area contributed by atoms with E-state index in [1.54, 1.807) is 61.4 Å². The fourth-order valence-electron chi connectivity index (χ4n) is 10.7. The van der Waals surface area contributed by atoms with Crippen LogP contribution in [-0.4, -0.2) is 104 Å². The van der Waals surface area contributed by atoms with Crippen molar-refractivity contribution in [3.63, 3.8) is 0 Å². The number of methoxy groups -OCH3 is 1. The van der Waals surface area contributed by atoms with E-state index in [-0.39, 0.29) is 86.1 Å². The number of aromatic hydroxyl groups is 2. The van der Waals surface area contributed by atoms with E-state index in [0.717, 1.165) is 57.2 Å². The van der Waals surface area contributed by atoms with Crippen LogP contribution in [0.1, 0.15) is 105 Å². The van der Waals surface area contributed by atoms with Crippen LogP contribution in [0.2, 0.25) is 0 Å². The lowest BCUT2D eigenvalue weighted by Crippen LogP contribution is -2.50. The molecule has 0 spiro atoms. The molecular weight excluding hydrogens is 929 g/mol. The second kappa shape index (κ2) is 22.7. The predicted molar refractivity (Wildman–Crippen MR) is 272 cm³/mol. The van der Waals surface area contributed by atoms with Crippen LogP contribution in [0.25, 0.3) is 21.9 Å². The third-order valence-electron chi connectivity index (χ3n) is 14.3. The minimum Gasteiger partial charge on any atom is -0.508 e. The summed E-state index contributed by atoms with van der Waals surface area (Å²) in [5.41, 5.74) is 6.31. The summed E-state index contributed by atoms with van der Waals surface area (Å²) in [4.78, 5) is 26.8. The molecule has 362 valence electrons. The Morgan fingerprint density at radius 3 is 2.55 bits per heavy atom. The van der Waals surface area contributed by atoms with Crippen LogP contribution < -0.4 is 15.4 Å². The van der Waals surface area contributed by atoms with Gasteiger partial charge < -0.3 is 45.4 Å². The van der Waals surface area contributed by atoms with Crippen molar-refractivity contribution < 1.29 is 49.7 Å². The quantitative estimate of drug-likeness (QED) is 0.0701. The highest BCUT2D eigenvalue weighted by Crippen LogP contribution is 2.55. The number of rotatable bonds is 10. The minimum atomic E-state index is -0.744. The van der Waals surface area contributed by atoms with E-state index in [0.29, 0.717) is 72.6 Å². The molecular formula is C51H64N2O10S4. The molecule has 5 bridgehead atoms. The number of aliphatic hydroxyl groups is 4. The monoisotopic (exact) mass is 992 g/mol. The number of phenols is 2. The van der Waals surface area contributed by atoms with Crippen molar-refractivity contribution >= 4 is 71.2 Å². The van der Waals surface area contributed by atoms with Crippen molar-refractivity contribution in [1.82, 2.24) is 5.32 Å². The molecule has 8 N–H and O–H groups in total. The van der Waals surface area contributed by atoms with Crippen LogP contribution in [0.15, 0.2) is 54.6 Å². The molecule has 2 saturated heterocycles. The van der Waals surface area contributed by atoms with E-state index < -0.39 is 23.2 Å². The number of phenolic OH excluding ortho intramolecular Hbond substituents is 2. The highest BCUT2D eigenvalue weighted by atomic mass is 33.1. The zero-order valence-corrected chi connectivity index (χ0v) is 41.5. The molecule has 4 heterocycles. The Morgan fingerprint density at radius 2 is 1.79 bits per heavy atom. The first-order chi connectivity index (χ1) is 32.4. The van der Waals surface area contributed by atoms with Gasteiger partial charge in [-0.25, -0.2) is 0 Å². The number of aryl methyl sites for hydroxylation is 1. The Bertz CT molecular complexity index is 2410. The molecule has 12 nitrogen and oxygen atoms in total. The van der Waals surface area contributed by atoms with E-state index in [4.69, 9.17) is 9.47 Å². The molecule has 3 fully saturated rings. The van der Waals surface area contributed by atoms with Crippen LogP contribution in [0.3, 0.4) is 0 Å². The topological polar surface area (TPSA) is 198 Å². The molecule has 0 aromatic heterocycles. The lowest BCUT2D eigenvalue weighted by Gasteiger charge is -2.46. The summed E-state index contributed by atoms with van der Waals surface area (Å²) >= 11 is 0. The summed E-state index contributed by atoms with van der Waals surface area (Å²) in [5, 5.41) is 75.0. The van der Waals surface area contributed by atoms with Gasteiger partial charge in [0.05, 0.1) is 37.2 Å². The summed E-state index contributed by atoms with van der Waals surface area (Å²) < 4.78 is 12.8. The fraction of sp³-hybridized carbons (Fsp3) is 0.529. The largest absolute Gasteiger partial charge is 0.508 e. The number of carbonyl (C=O) groups is 2. The maximum Gasteiger partial charge on any atom is 0.168 e. The van der Waals surface area contributed by atoms with Crippen molar-refractivity contribution in [2.75, 3.05) is 43.7 Å². The Kier molecular flexibility index (Phi) is 17.0. The van der Waals surface area contributed by atoms with Gasteiger partial charge in [-0.3, -0.25) is 14.9 Å². The van der Waals surface area contributed by atoms with E-state index in [9.17, 15) is 40.2 Å². The van der Waals surface area contributed by atoms with Gasteiger partial charge in [0.1, 0.15) is 23.5 Å². The molecule has 16 heteroatoms. The van der Waals surface area contributed by atoms with E-state index in [1.807, 2.05) is 36.4 Å². The third-order valence-corrected chi connectivity index (χ3v) is 20.3. The predicted octanol–water partition coefficient (Wildman–Crippen LogP) is 8.80. The van der Waals surface area contributed by atoms with Gasteiger partial charge in [0.2, 0.25) is 0 Å². The Hall–Kier alpha value is -3.16. The number of nitrogens with one attached hydrogen (secondary N) is 2. The van der Waals surface area contributed by atoms with Gasteiger partial charge >= 0.3 is 0 Å². The number of anilines is 1. The zero-order valence-electron chi connectivity index (χ0n) is 38.2. The van der Waals surface area contributed by atoms with Crippen molar-refractivity contribution in [2.24, 2.45) is 11.8 Å². The summed E-state index contributed by atoms with van der Waals surface area (Å²) in [5.74, 6) is 2.14. The van der Waals surface area contributed by atoms with Gasteiger partial charge in [0, 0.05) is 66.2 Å². The summed E-state index contributed by atoms with van der Waals surface area (Å²) in [6.45, 7) is 1.29. The number of ether oxygens (including phenoxy) is 2. The highest BCUT2D eigenvalue weighted by Gasteiger charge is 2.47. The average molecular weight is 993 g/mol. The molecule has 4 aromatic rings. The number of ketones is 2. The lowest BCUT2D eigenvalue weighted by molar-refractivity contribution is -0.130. The van der Waals surface area contributed by atoms with Crippen molar-refractivity contribution in [3.05, 3.63) is 82.4 Å².